The summed E-state index contributed by atoms with van der Waals surface area (Å²) in [7, 11) is 0. The van der Waals surface area contributed by atoms with Crippen LogP contribution in [0, 0.1) is 0 Å². The topological polar surface area (TPSA) is 46.5 Å². The molecule has 1 N–H and O–H groups in total. The van der Waals surface area contributed by atoms with Gasteiger partial charge >= 0.3 is 0 Å². The van der Waals surface area contributed by atoms with Crippen molar-refractivity contribution in [1.82, 2.24) is 0 Å². The zero-order valence-electron chi connectivity index (χ0n) is 7.24. The first-order valence-electron chi connectivity index (χ1n) is 4.20. The van der Waals surface area contributed by atoms with E-state index < -0.39 is 0 Å². The number of rotatable bonds is 2. The van der Waals surface area contributed by atoms with Crippen LogP contribution in [0.1, 0.15) is 19.3 Å². The molecule has 1 fully saturated rings. The van der Waals surface area contributed by atoms with Crippen LogP contribution in [0.15, 0.2) is 12.2 Å². The summed E-state index contributed by atoms with van der Waals surface area (Å²) in [6.45, 7) is 1.94. The van der Waals surface area contributed by atoms with Gasteiger partial charge in [-0.3, -0.25) is 4.79 Å². The summed E-state index contributed by atoms with van der Waals surface area (Å²) in [5.74, 6) is 0. The molecule has 0 aromatic carbocycles. The Labute approximate surface area is 73.0 Å². The zero-order valence-corrected chi connectivity index (χ0v) is 7.24. The SMILES string of the molecule is C1CCOCC1.O=CC=CCO. The van der Waals surface area contributed by atoms with Gasteiger partial charge in [0.15, 0.2) is 0 Å². The zero-order chi connectivity index (χ0) is 9.07. The Balaban J connectivity index is 0.000000202. The molecule has 0 bridgehead atoms. The Bertz CT molecular complexity index is 105. The molecule has 1 saturated heterocycles. The number of hydrogen-bond acceptors (Lipinski definition) is 3. The molecule has 0 aromatic heterocycles. The van der Waals surface area contributed by atoms with Crippen LogP contribution in [0.3, 0.4) is 0 Å². The second-order valence-corrected chi connectivity index (χ2v) is 2.42. The van der Waals surface area contributed by atoms with Gasteiger partial charge in [0.05, 0.1) is 6.61 Å². The molecule has 0 aliphatic carbocycles. The van der Waals surface area contributed by atoms with Crippen LogP contribution in [0.25, 0.3) is 0 Å². The van der Waals surface area contributed by atoms with Gasteiger partial charge in [0.2, 0.25) is 0 Å². The molecule has 3 nitrogen and oxygen atoms in total. The average Bonchev–Trinajstić information content (AvgIpc) is 2.18. The highest BCUT2D eigenvalue weighted by molar-refractivity contribution is 5.64. The molecule has 12 heavy (non-hydrogen) atoms. The molecule has 1 heterocycles. The van der Waals surface area contributed by atoms with E-state index in [2.05, 4.69) is 0 Å². The number of aldehydes is 1. The Morgan fingerprint density at radius 3 is 2.08 bits per heavy atom. The minimum Gasteiger partial charge on any atom is -0.392 e. The molecular weight excluding hydrogens is 156 g/mol. The van der Waals surface area contributed by atoms with Gasteiger partial charge in [-0.05, 0) is 25.3 Å². The number of aliphatic hydroxyl groups is 1. The van der Waals surface area contributed by atoms with Crippen molar-refractivity contribution >= 4 is 6.29 Å². The van der Waals surface area contributed by atoms with Gasteiger partial charge in [0, 0.05) is 13.2 Å². The molecule has 1 aliphatic heterocycles. The first-order chi connectivity index (χ1) is 5.91. The summed E-state index contributed by atoms with van der Waals surface area (Å²) in [6, 6.07) is 0. The molecule has 0 aromatic rings. The fourth-order valence-electron chi connectivity index (χ4n) is 0.804. The number of hydrogen-bond donors (Lipinski definition) is 1. The van der Waals surface area contributed by atoms with Crippen LogP contribution in [-0.4, -0.2) is 31.2 Å². The van der Waals surface area contributed by atoms with E-state index in [4.69, 9.17) is 9.84 Å². The Kier molecular flexibility index (Phi) is 9.75. The van der Waals surface area contributed by atoms with Crippen molar-refractivity contribution in [3.8, 4) is 0 Å². The lowest BCUT2D eigenvalue weighted by atomic mass is 10.2. The predicted octanol–water partition coefficient (Wildman–Crippen LogP) is 0.921. The summed E-state index contributed by atoms with van der Waals surface area (Å²) >= 11 is 0. The molecular formula is C9H16O3. The molecule has 3 heteroatoms. The third kappa shape index (κ3) is 9.33. The molecule has 0 atom stereocenters. The fourth-order valence-corrected chi connectivity index (χ4v) is 0.804. The minimum atomic E-state index is -0.0568. The van der Waals surface area contributed by atoms with Crippen LogP contribution in [0.4, 0.5) is 0 Å². The highest BCUT2D eigenvalue weighted by atomic mass is 16.5. The van der Waals surface area contributed by atoms with Crippen LogP contribution in [0.5, 0.6) is 0 Å². The number of carbonyl (C=O) groups is 1. The van der Waals surface area contributed by atoms with E-state index in [1.807, 2.05) is 0 Å². The van der Waals surface area contributed by atoms with Gasteiger partial charge in [-0.1, -0.05) is 6.08 Å². The first kappa shape index (κ1) is 11.3. The quantitative estimate of drug-likeness (QED) is 0.497. The normalized spacial score (nSPS) is 16.8. The molecule has 0 radical (unpaired) electrons. The number of ether oxygens (including phenoxy) is 1. The average molecular weight is 172 g/mol. The minimum absolute atomic E-state index is 0.0568. The second-order valence-electron chi connectivity index (χ2n) is 2.42. The van der Waals surface area contributed by atoms with E-state index in [9.17, 15) is 4.79 Å². The Morgan fingerprint density at radius 2 is 1.92 bits per heavy atom. The third-order valence-electron chi connectivity index (χ3n) is 1.40. The summed E-state index contributed by atoms with van der Waals surface area (Å²) in [6.07, 6.45) is 7.17. The van der Waals surface area contributed by atoms with Gasteiger partial charge in [-0.15, -0.1) is 0 Å². The maximum atomic E-state index is 9.37. The lowest BCUT2D eigenvalue weighted by Crippen LogP contribution is -2.03. The fraction of sp³-hybridized carbons (Fsp3) is 0.667. The van der Waals surface area contributed by atoms with Crippen molar-refractivity contribution in [1.29, 1.82) is 0 Å². The monoisotopic (exact) mass is 172 g/mol. The molecule has 1 rings (SSSR count). The van der Waals surface area contributed by atoms with E-state index in [1.54, 1.807) is 0 Å². The Morgan fingerprint density at radius 1 is 1.25 bits per heavy atom. The van der Waals surface area contributed by atoms with Crippen molar-refractivity contribution in [2.24, 2.45) is 0 Å². The highest BCUT2D eigenvalue weighted by Gasteiger charge is 1.94. The molecule has 1 aliphatic rings. The lowest BCUT2D eigenvalue weighted by molar-refractivity contribution is -0.104. The third-order valence-corrected chi connectivity index (χ3v) is 1.40. The van der Waals surface area contributed by atoms with Crippen molar-refractivity contribution < 1.29 is 14.6 Å². The number of aliphatic hydroxyl groups excluding tert-OH is 1. The first-order valence-corrected chi connectivity index (χ1v) is 4.20. The maximum Gasteiger partial charge on any atom is 0.142 e. The standard InChI is InChI=1S/C5H10O.C4H6O2/c1-2-4-6-5-3-1;5-3-1-2-4-6/h1-5H2;1-3,6H,4H2. The number of allylic oxidation sites excluding steroid dienone is 1. The van der Waals surface area contributed by atoms with E-state index in [1.165, 1.54) is 31.4 Å². The van der Waals surface area contributed by atoms with Gasteiger partial charge in [0.1, 0.15) is 6.29 Å². The molecule has 0 spiro atoms. The van der Waals surface area contributed by atoms with Gasteiger partial charge in [-0.2, -0.15) is 0 Å². The maximum absolute atomic E-state index is 9.37. The lowest BCUT2D eigenvalue weighted by Gasteiger charge is -2.08. The van der Waals surface area contributed by atoms with E-state index in [0.29, 0.717) is 6.29 Å². The van der Waals surface area contributed by atoms with Crippen LogP contribution < -0.4 is 0 Å². The van der Waals surface area contributed by atoms with Crippen molar-refractivity contribution in [2.45, 2.75) is 19.3 Å². The van der Waals surface area contributed by atoms with E-state index in [0.717, 1.165) is 13.2 Å². The summed E-state index contributed by atoms with van der Waals surface area (Å²) in [5, 5.41) is 7.95. The van der Waals surface area contributed by atoms with Gasteiger partial charge in [-0.25, -0.2) is 0 Å². The molecule has 0 saturated carbocycles. The molecule has 0 unspecified atom stereocenters. The summed E-state index contributed by atoms with van der Waals surface area (Å²) < 4.78 is 5.07. The molecule has 0 amide bonds. The van der Waals surface area contributed by atoms with E-state index in [-0.39, 0.29) is 6.61 Å². The van der Waals surface area contributed by atoms with Crippen molar-refractivity contribution in [3.63, 3.8) is 0 Å². The second kappa shape index (κ2) is 10.3. The van der Waals surface area contributed by atoms with Gasteiger partial charge < -0.3 is 9.84 Å². The summed E-state index contributed by atoms with van der Waals surface area (Å²) in [5.41, 5.74) is 0. The van der Waals surface area contributed by atoms with Gasteiger partial charge in [0.25, 0.3) is 0 Å². The molecule has 70 valence electrons. The van der Waals surface area contributed by atoms with Crippen molar-refractivity contribution in [2.75, 3.05) is 19.8 Å². The highest BCUT2D eigenvalue weighted by Crippen LogP contribution is 2.02. The van der Waals surface area contributed by atoms with Crippen LogP contribution in [-0.2, 0) is 9.53 Å². The van der Waals surface area contributed by atoms with E-state index >= 15 is 0 Å². The van der Waals surface area contributed by atoms with Crippen molar-refractivity contribution in [3.05, 3.63) is 12.2 Å². The van der Waals surface area contributed by atoms with Crippen LogP contribution >= 0.6 is 0 Å². The predicted molar refractivity (Wildman–Crippen MR) is 47.0 cm³/mol. The van der Waals surface area contributed by atoms with Crippen LogP contribution in [0.2, 0.25) is 0 Å². The summed E-state index contributed by atoms with van der Waals surface area (Å²) in [4.78, 5) is 9.37. The number of carbonyl (C=O) groups excluding carboxylic acids is 1. The largest absolute Gasteiger partial charge is 0.392 e. The Hall–Kier alpha value is -0.670. The smallest absolute Gasteiger partial charge is 0.142 e.